The van der Waals surface area contributed by atoms with Gasteiger partial charge in [-0.25, -0.2) is 9.97 Å². The Morgan fingerprint density at radius 1 is 1.27 bits per heavy atom. The van der Waals surface area contributed by atoms with Crippen LogP contribution in [0.3, 0.4) is 0 Å². The van der Waals surface area contributed by atoms with Gasteiger partial charge >= 0.3 is 0 Å². The Hall–Kier alpha value is -2.21. The molecule has 2 aromatic rings. The average molecular weight is 297 g/mol. The Morgan fingerprint density at radius 3 is 2.91 bits per heavy atom. The largest absolute Gasteiger partial charge is 0.364 e. The van der Waals surface area contributed by atoms with Crippen LogP contribution in [0.5, 0.6) is 0 Å². The first-order valence-electron chi connectivity index (χ1n) is 7.72. The third kappa shape index (κ3) is 2.39. The number of aromatic nitrogens is 3. The summed E-state index contributed by atoms with van der Waals surface area (Å²) in [5.41, 5.74) is 2.02. The molecule has 0 aromatic carbocycles. The molecule has 2 unspecified atom stereocenters. The van der Waals surface area contributed by atoms with Crippen LogP contribution >= 0.6 is 0 Å². The van der Waals surface area contributed by atoms with Crippen LogP contribution in [0.2, 0.25) is 0 Å². The summed E-state index contributed by atoms with van der Waals surface area (Å²) < 4.78 is 0. The van der Waals surface area contributed by atoms with Gasteiger partial charge in [-0.3, -0.25) is 9.69 Å². The van der Waals surface area contributed by atoms with Crippen LogP contribution < -0.4 is 4.90 Å². The van der Waals surface area contributed by atoms with Crippen molar-refractivity contribution in [2.75, 3.05) is 24.5 Å². The van der Waals surface area contributed by atoms with E-state index in [4.69, 9.17) is 0 Å². The summed E-state index contributed by atoms with van der Waals surface area (Å²) in [7, 11) is 0. The molecule has 6 heteroatoms. The molecule has 4 rings (SSSR count). The fraction of sp³-hybridized carbons (Fsp3) is 0.438. The highest BCUT2D eigenvalue weighted by molar-refractivity contribution is 5.96. The number of nitrogens with one attached hydrogen (secondary N) is 1. The maximum atomic E-state index is 12.8. The second-order valence-corrected chi connectivity index (χ2v) is 6.13. The first kappa shape index (κ1) is 13.5. The van der Waals surface area contributed by atoms with Gasteiger partial charge in [-0.2, -0.15) is 0 Å². The maximum absolute atomic E-state index is 12.8. The van der Waals surface area contributed by atoms with Crippen molar-refractivity contribution in [1.29, 1.82) is 0 Å². The number of anilines is 1. The molecular weight excluding hydrogens is 278 g/mol. The number of hydrogen-bond acceptors (Lipinski definition) is 4. The molecule has 2 aromatic heterocycles. The molecule has 0 radical (unpaired) electrons. The molecular formula is C16H19N5O. The molecule has 0 spiro atoms. The molecule has 0 aliphatic carbocycles. The number of H-pyrrole nitrogens is 1. The summed E-state index contributed by atoms with van der Waals surface area (Å²) >= 11 is 0. The Balaban J connectivity index is 1.47. The standard InChI is InChI=1S/C16H19N5O/c22-16-15-10-20(9-13-2-1-4-19-13)8-12(15)3-5-21(16)14-6-17-11-18-7-14/h1-2,4,6-7,11-12,15,19H,3,5,8-10H2. The van der Waals surface area contributed by atoms with E-state index in [0.29, 0.717) is 5.92 Å². The molecule has 22 heavy (non-hydrogen) atoms. The molecule has 1 amide bonds. The lowest BCUT2D eigenvalue weighted by atomic mass is 9.88. The van der Waals surface area contributed by atoms with Gasteiger partial charge in [0.1, 0.15) is 6.33 Å². The van der Waals surface area contributed by atoms with Crippen molar-refractivity contribution < 1.29 is 4.79 Å². The normalized spacial score (nSPS) is 25.5. The average Bonchev–Trinajstić information content (AvgIpc) is 3.19. The molecule has 114 valence electrons. The topological polar surface area (TPSA) is 65.1 Å². The van der Waals surface area contributed by atoms with Crippen LogP contribution in [0.25, 0.3) is 0 Å². The van der Waals surface area contributed by atoms with Crippen LogP contribution in [-0.2, 0) is 11.3 Å². The number of rotatable bonds is 3. The molecule has 2 fully saturated rings. The zero-order valence-electron chi connectivity index (χ0n) is 12.4. The second kappa shape index (κ2) is 5.53. The highest BCUT2D eigenvalue weighted by Gasteiger charge is 2.43. The number of nitrogens with zero attached hydrogens (tertiary/aromatic N) is 4. The predicted molar refractivity (Wildman–Crippen MR) is 82.1 cm³/mol. The van der Waals surface area contributed by atoms with Crippen molar-refractivity contribution in [3.8, 4) is 0 Å². The number of carbonyl (C=O) groups is 1. The van der Waals surface area contributed by atoms with E-state index in [2.05, 4.69) is 25.9 Å². The summed E-state index contributed by atoms with van der Waals surface area (Å²) in [6.45, 7) is 3.51. The second-order valence-electron chi connectivity index (χ2n) is 6.13. The van der Waals surface area contributed by atoms with Crippen molar-refractivity contribution in [2.24, 2.45) is 11.8 Å². The quantitative estimate of drug-likeness (QED) is 0.927. The van der Waals surface area contributed by atoms with Gasteiger partial charge in [-0.15, -0.1) is 0 Å². The van der Waals surface area contributed by atoms with Gasteiger partial charge in [0.2, 0.25) is 5.91 Å². The highest BCUT2D eigenvalue weighted by Crippen LogP contribution is 2.34. The van der Waals surface area contributed by atoms with Crippen molar-refractivity contribution in [3.63, 3.8) is 0 Å². The number of aromatic amines is 1. The SMILES string of the molecule is O=C1C2CN(Cc3ccc[nH]3)CC2CCN1c1cncnc1. The van der Waals surface area contributed by atoms with Crippen LogP contribution in [0.15, 0.2) is 37.1 Å². The Morgan fingerprint density at radius 2 is 2.14 bits per heavy atom. The van der Waals surface area contributed by atoms with Crippen LogP contribution in [-0.4, -0.2) is 45.4 Å². The minimum Gasteiger partial charge on any atom is -0.364 e. The smallest absolute Gasteiger partial charge is 0.231 e. The van der Waals surface area contributed by atoms with E-state index in [1.165, 1.54) is 12.0 Å². The Bertz CT molecular complexity index is 642. The molecule has 1 N–H and O–H groups in total. The van der Waals surface area contributed by atoms with Crippen LogP contribution in [0.4, 0.5) is 5.69 Å². The fourth-order valence-electron chi connectivity index (χ4n) is 3.66. The minimum atomic E-state index is 0.101. The summed E-state index contributed by atoms with van der Waals surface area (Å²) in [4.78, 5) is 28.3. The number of fused-ring (bicyclic) bond motifs is 1. The maximum Gasteiger partial charge on any atom is 0.231 e. The minimum absolute atomic E-state index is 0.101. The number of hydrogen-bond donors (Lipinski definition) is 1. The van der Waals surface area contributed by atoms with Crippen molar-refractivity contribution in [2.45, 2.75) is 13.0 Å². The molecule has 2 aliphatic heterocycles. The van der Waals surface area contributed by atoms with Gasteiger partial charge < -0.3 is 9.88 Å². The number of amides is 1. The lowest BCUT2D eigenvalue weighted by Crippen LogP contribution is -2.45. The molecule has 2 aliphatic rings. The van der Waals surface area contributed by atoms with Crippen LogP contribution in [0.1, 0.15) is 12.1 Å². The van der Waals surface area contributed by atoms with Gasteiger partial charge in [-0.05, 0) is 24.5 Å². The molecule has 2 atom stereocenters. The first-order chi connectivity index (χ1) is 10.8. The predicted octanol–water partition coefficient (Wildman–Crippen LogP) is 1.29. The molecule has 0 saturated carbocycles. The van der Waals surface area contributed by atoms with E-state index in [1.807, 2.05) is 17.2 Å². The van der Waals surface area contributed by atoms with E-state index >= 15 is 0 Å². The lowest BCUT2D eigenvalue weighted by Gasteiger charge is -2.33. The number of carbonyl (C=O) groups excluding carboxylic acids is 1. The van der Waals surface area contributed by atoms with E-state index in [-0.39, 0.29) is 11.8 Å². The zero-order chi connectivity index (χ0) is 14.9. The number of likely N-dealkylation sites (tertiary alicyclic amines) is 1. The van der Waals surface area contributed by atoms with Crippen molar-refractivity contribution in [3.05, 3.63) is 42.7 Å². The summed E-state index contributed by atoms with van der Waals surface area (Å²) in [6.07, 6.45) is 7.93. The van der Waals surface area contributed by atoms with E-state index in [1.54, 1.807) is 12.4 Å². The van der Waals surface area contributed by atoms with Gasteiger partial charge in [0.15, 0.2) is 0 Å². The van der Waals surface area contributed by atoms with E-state index in [0.717, 1.165) is 38.3 Å². The van der Waals surface area contributed by atoms with Crippen molar-refractivity contribution >= 4 is 11.6 Å². The van der Waals surface area contributed by atoms with E-state index < -0.39 is 0 Å². The Kier molecular flexibility index (Phi) is 3.38. The van der Waals surface area contributed by atoms with Gasteiger partial charge in [0.25, 0.3) is 0 Å². The molecule has 4 heterocycles. The highest BCUT2D eigenvalue weighted by atomic mass is 16.2. The van der Waals surface area contributed by atoms with Gasteiger partial charge in [-0.1, -0.05) is 0 Å². The first-order valence-corrected chi connectivity index (χ1v) is 7.72. The summed E-state index contributed by atoms with van der Waals surface area (Å²) in [5, 5.41) is 0. The van der Waals surface area contributed by atoms with Crippen LogP contribution in [0, 0.1) is 11.8 Å². The molecule has 0 bridgehead atoms. The summed E-state index contributed by atoms with van der Waals surface area (Å²) in [5.74, 6) is 0.798. The van der Waals surface area contributed by atoms with Crippen molar-refractivity contribution in [1.82, 2.24) is 19.9 Å². The monoisotopic (exact) mass is 297 g/mol. The van der Waals surface area contributed by atoms with Gasteiger partial charge in [0, 0.05) is 38.1 Å². The third-order valence-electron chi connectivity index (χ3n) is 4.74. The fourth-order valence-corrected chi connectivity index (χ4v) is 3.66. The van der Waals surface area contributed by atoms with Gasteiger partial charge in [0.05, 0.1) is 24.0 Å². The summed E-state index contributed by atoms with van der Waals surface area (Å²) in [6, 6.07) is 4.11. The van der Waals surface area contributed by atoms with E-state index in [9.17, 15) is 4.79 Å². The molecule has 6 nitrogen and oxygen atoms in total. The Labute approximate surface area is 129 Å². The molecule has 2 saturated heterocycles. The lowest BCUT2D eigenvalue weighted by molar-refractivity contribution is -0.124. The number of piperidine rings is 1. The zero-order valence-corrected chi connectivity index (χ0v) is 12.4. The third-order valence-corrected chi connectivity index (χ3v) is 4.74.